The number of ether oxygens (including phenoxy) is 2. The molecular weight excluding hydrogens is 416 g/mol. The lowest BCUT2D eigenvalue weighted by molar-refractivity contribution is -0.0170. The quantitative estimate of drug-likeness (QED) is 0.570. The maximum atomic E-state index is 12.8. The Bertz CT molecular complexity index is 1160. The van der Waals surface area contributed by atoms with Gasteiger partial charge in [-0.2, -0.15) is 0 Å². The molecule has 32 heavy (non-hydrogen) atoms. The first-order chi connectivity index (χ1) is 15.4. The van der Waals surface area contributed by atoms with Crippen molar-refractivity contribution in [3.8, 4) is 0 Å². The van der Waals surface area contributed by atoms with Gasteiger partial charge in [-0.15, -0.1) is 0 Å². The number of nitrogens with one attached hydrogen (secondary N) is 2. The van der Waals surface area contributed by atoms with E-state index in [0.717, 1.165) is 21.1 Å². The number of hydrogen-bond donors (Lipinski definition) is 2. The van der Waals surface area contributed by atoms with Crippen LogP contribution >= 0.6 is 0 Å². The number of carbonyl (C=O) groups excluding carboxylic acids is 2. The molecule has 10 heteroatoms. The molecule has 0 aliphatic rings. The van der Waals surface area contributed by atoms with Crippen LogP contribution in [0.4, 0.5) is 9.59 Å². The zero-order valence-electron chi connectivity index (χ0n) is 17.3. The molecule has 1 heterocycles. The summed E-state index contributed by atoms with van der Waals surface area (Å²) in [7, 11) is 1.32. The van der Waals surface area contributed by atoms with Crippen LogP contribution in [0, 0.1) is 0 Å². The summed E-state index contributed by atoms with van der Waals surface area (Å²) in [5.41, 5.74) is 0.179. The third-order valence-electron chi connectivity index (χ3n) is 4.46. The lowest BCUT2D eigenvalue weighted by Crippen LogP contribution is -2.48. The van der Waals surface area contributed by atoms with Crippen LogP contribution in [-0.2, 0) is 29.2 Å². The molecule has 166 valence electrons. The Balaban J connectivity index is 1.74. The fraction of sp³-hybridized carbons (Fsp3) is 0.182. The third-order valence-corrected chi connectivity index (χ3v) is 4.46. The summed E-state index contributed by atoms with van der Waals surface area (Å²) in [6.45, 7) is -0.377. The van der Waals surface area contributed by atoms with Gasteiger partial charge in [0.1, 0.15) is 13.2 Å². The number of hydrazine groups is 1. The number of aromatic amines is 2. The molecular formula is C22H22N4O6. The number of H-pyrrole nitrogens is 2. The van der Waals surface area contributed by atoms with Crippen molar-refractivity contribution in [2.24, 2.45) is 0 Å². The minimum absolute atomic E-state index is 0.00381. The highest BCUT2D eigenvalue weighted by Crippen LogP contribution is 2.10. The predicted octanol–water partition coefficient (Wildman–Crippen LogP) is 2.39. The van der Waals surface area contributed by atoms with Gasteiger partial charge in [0, 0.05) is 13.2 Å². The Morgan fingerprint density at radius 2 is 1.38 bits per heavy atom. The van der Waals surface area contributed by atoms with Gasteiger partial charge in [-0.1, -0.05) is 60.7 Å². The molecule has 0 atom stereocenters. The summed E-state index contributed by atoms with van der Waals surface area (Å²) < 4.78 is 10.6. The van der Waals surface area contributed by atoms with E-state index in [2.05, 4.69) is 9.97 Å². The van der Waals surface area contributed by atoms with Gasteiger partial charge < -0.3 is 14.5 Å². The molecule has 0 radical (unpaired) electrons. The number of nitrogens with zero attached hydrogens (tertiary/aromatic N) is 2. The van der Waals surface area contributed by atoms with Crippen molar-refractivity contribution >= 4 is 12.2 Å². The fourth-order valence-corrected chi connectivity index (χ4v) is 2.71. The lowest BCUT2D eigenvalue weighted by Gasteiger charge is -2.30. The van der Waals surface area contributed by atoms with Gasteiger partial charge in [0.25, 0.3) is 5.56 Å². The minimum Gasteiger partial charge on any atom is -0.443 e. The molecule has 0 aliphatic carbocycles. The second kappa shape index (κ2) is 10.6. The molecule has 0 fully saturated rings. The van der Waals surface area contributed by atoms with E-state index in [1.807, 2.05) is 24.3 Å². The van der Waals surface area contributed by atoms with E-state index >= 15 is 0 Å². The number of aromatic nitrogens is 2. The average molecular weight is 438 g/mol. The van der Waals surface area contributed by atoms with Crippen LogP contribution in [0.25, 0.3) is 0 Å². The number of benzene rings is 2. The molecule has 2 N–H and O–H groups in total. The predicted molar refractivity (Wildman–Crippen MR) is 114 cm³/mol. The van der Waals surface area contributed by atoms with Crippen LogP contribution in [0.2, 0.25) is 0 Å². The van der Waals surface area contributed by atoms with E-state index in [0.29, 0.717) is 0 Å². The third kappa shape index (κ3) is 6.08. The fourth-order valence-electron chi connectivity index (χ4n) is 2.71. The zero-order chi connectivity index (χ0) is 22.9. The van der Waals surface area contributed by atoms with E-state index in [4.69, 9.17) is 9.47 Å². The summed E-state index contributed by atoms with van der Waals surface area (Å²) >= 11 is 0. The van der Waals surface area contributed by atoms with Crippen LogP contribution in [-0.4, -0.2) is 39.2 Å². The highest BCUT2D eigenvalue weighted by atomic mass is 16.6. The molecule has 10 nitrogen and oxygen atoms in total. The number of rotatable bonds is 6. The van der Waals surface area contributed by atoms with Crippen LogP contribution in [0.1, 0.15) is 16.7 Å². The standard InChI is InChI=1S/C22H22N4O6/c1-25(21(29)31-14-16-8-4-2-5-9-16)26(13-18-12-23-20(28)24-19(18)27)22(30)32-15-17-10-6-3-7-11-17/h2-12H,13-15H2,1H3,(H2,23,24,27,28). The van der Waals surface area contributed by atoms with E-state index in [-0.39, 0.29) is 25.3 Å². The molecule has 3 rings (SSSR count). The van der Waals surface area contributed by atoms with Crippen molar-refractivity contribution in [2.75, 3.05) is 7.05 Å². The Morgan fingerprint density at radius 3 is 1.91 bits per heavy atom. The van der Waals surface area contributed by atoms with E-state index in [1.54, 1.807) is 36.4 Å². The maximum absolute atomic E-state index is 12.8. The molecule has 0 unspecified atom stereocenters. The molecule has 0 saturated heterocycles. The molecule has 2 amide bonds. The number of hydrogen-bond acceptors (Lipinski definition) is 6. The Kier molecular flexibility index (Phi) is 7.42. The van der Waals surface area contributed by atoms with Crippen LogP contribution < -0.4 is 11.2 Å². The zero-order valence-corrected chi connectivity index (χ0v) is 17.3. The monoisotopic (exact) mass is 438 g/mol. The van der Waals surface area contributed by atoms with Crippen molar-refractivity contribution in [3.63, 3.8) is 0 Å². The SMILES string of the molecule is CN(C(=O)OCc1ccccc1)N(Cc1c[nH]c(=O)[nH]c1=O)C(=O)OCc1ccccc1. The van der Waals surface area contributed by atoms with Crippen molar-refractivity contribution in [1.29, 1.82) is 0 Å². The summed E-state index contributed by atoms with van der Waals surface area (Å²) in [6, 6.07) is 18.0. The summed E-state index contributed by atoms with van der Waals surface area (Å²) in [6.07, 6.45) is -0.535. The van der Waals surface area contributed by atoms with Gasteiger partial charge in [-0.25, -0.2) is 24.4 Å². The lowest BCUT2D eigenvalue weighted by atomic mass is 10.2. The number of carbonyl (C=O) groups is 2. The summed E-state index contributed by atoms with van der Waals surface area (Å²) in [5, 5.41) is 1.83. The Labute approximate surface area is 183 Å². The molecule has 0 aliphatic heterocycles. The van der Waals surface area contributed by atoms with Crippen molar-refractivity contribution < 1.29 is 19.1 Å². The molecule has 3 aromatic rings. The molecule has 2 aromatic carbocycles. The number of amides is 2. The normalized spacial score (nSPS) is 10.3. The second-order valence-corrected chi connectivity index (χ2v) is 6.76. The van der Waals surface area contributed by atoms with Gasteiger partial charge in [0.05, 0.1) is 12.1 Å². The molecule has 0 saturated carbocycles. The van der Waals surface area contributed by atoms with Crippen molar-refractivity contribution in [2.45, 2.75) is 19.8 Å². The summed E-state index contributed by atoms with van der Waals surface area (Å²) in [5.74, 6) is 0. The molecule has 1 aromatic heterocycles. The van der Waals surface area contributed by atoms with E-state index in [9.17, 15) is 19.2 Å². The molecule has 0 bridgehead atoms. The first-order valence-corrected chi connectivity index (χ1v) is 9.67. The first-order valence-electron chi connectivity index (χ1n) is 9.67. The van der Waals surface area contributed by atoms with Crippen LogP contribution in [0.15, 0.2) is 76.4 Å². The Morgan fingerprint density at radius 1 is 0.844 bits per heavy atom. The maximum Gasteiger partial charge on any atom is 0.429 e. The minimum atomic E-state index is -0.876. The topological polar surface area (TPSA) is 125 Å². The van der Waals surface area contributed by atoms with E-state index in [1.165, 1.54) is 13.2 Å². The van der Waals surface area contributed by atoms with Gasteiger partial charge in [0.15, 0.2) is 0 Å². The van der Waals surface area contributed by atoms with Gasteiger partial charge in [-0.05, 0) is 11.1 Å². The van der Waals surface area contributed by atoms with E-state index < -0.39 is 23.4 Å². The van der Waals surface area contributed by atoms with Crippen LogP contribution in [0.5, 0.6) is 0 Å². The van der Waals surface area contributed by atoms with Crippen molar-refractivity contribution in [1.82, 2.24) is 20.0 Å². The first kappa shape index (κ1) is 22.3. The van der Waals surface area contributed by atoms with Gasteiger partial charge in [0.2, 0.25) is 0 Å². The smallest absolute Gasteiger partial charge is 0.429 e. The molecule has 0 spiro atoms. The van der Waals surface area contributed by atoms with Gasteiger partial charge in [-0.3, -0.25) is 9.78 Å². The largest absolute Gasteiger partial charge is 0.443 e. The van der Waals surface area contributed by atoms with Gasteiger partial charge >= 0.3 is 17.9 Å². The highest BCUT2D eigenvalue weighted by Gasteiger charge is 2.27. The summed E-state index contributed by atoms with van der Waals surface area (Å²) in [4.78, 5) is 53.1. The second-order valence-electron chi connectivity index (χ2n) is 6.76. The highest BCUT2D eigenvalue weighted by molar-refractivity contribution is 5.74. The van der Waals surface area contributed by atoms with Crippen molar-refractivity contribution in [3.05, 3.63) is 104 Å². The average Bonchev–Trinajstić information content (AvgIpc) is 2.81. The van der Waals surface area contributed by atoms with Crippen LogP contribution in [0.3, 0.4) is 0 Å². The Hall–Kier alpha value is -4.34.